The Bertz CT molecular complexity index is 1060. The van der Waals surface area contributed by atoms with Crippen molar-refractivity contribution >= 4 is 30.7 Å². The molecule has 0 bridgehead atoms. The molecule has 1 unspecified atom stereocenters. The lowest BCUT2D eigenvalue weighted by Crippen LogP contribution is -2.43. The summed E-state index contributed by atoms with van der Waals surface area (Å²) >= 11 is 0. The summed E-state index contributed by atoms with van der Waals surface area (Å²) in [5, 5.41) is 7.83. The fourth-order valence-corrected chi connectivity index (χ4v) is 4.40. The quantitative estimate of drug-likeness (QED) is 0.634. The van der Waals surface area contributed by atoms with Gasteiger partial charge in [-0.15, -0.1) is 0 Å². The minimum atomic E-state index is -0.249. The van der Waals surface area contributed by atoms with Crippen LogP contribution in [0.4, 0.5) is 5.82 Å². The summed E-state index contributed by atoms with van der Waals surface area (Å²) in [5.41, 5.74) is 3.27. The molecule has 1 amide bonds. The summed E-state index contributed by atoms with van der Waals surface area (Å²) in [6.07, 6.45) is 8.53. The Morgan fingerprint density at radius 1 is 1.26 bits per heavy atom. The molecule has 0 aliphatic carbocycles. The molecule has 0 saturated carbocycles. The van der Waals surface area contributed by atoms with E-state index >= 15 is 0 Å². The number of carbonyl (C=O) groups excluding carboxylic acids is 1. The molecule has 2 radical (unpaired) electrons. The van der Waals surface area contributed by atoms with Gasteiger partial charge in [-0.3, -0.25) is 9.78 Å². The van der Waals surface area contributed by atoms with Crippen LogP contribution < -0.4 is 10.8 Å². The van der Waals surface area contributed by atoms with Gasteiger partial charge in [0.05, 0.1) is 0 Å². The largest absolute Gasteiger partial charge is 0.368 e. The van der Waals surface area contributed by atoms with Gasteiger partial charge in [0.2, 0.25) is 0 Å². The van der Waals surface area contributed by atoms with Crippen LogP contribution in [0, 0.1) is 0 Å². The maximum atomic E-state index is 12.6. The molecule has 8 nitrogen and oxygen atoms in total. The number of hydrogen-bond acceptors (Lipinski definition) is 6. The van der Waals surface area contributed by atoms with E-state index in [1.165, 1.54) is 0 Å². The molecule has 9 heteroatoms. The van der Waals surface area contributed by atoms with Crippen molar-refractivity contribution in [2.45, 2.75) is 44.2 Å². The normalized spacial score (nSPS) is 19.7. The van der Waals surface area contributed by atoms with Gasteiger partial charge in [0.1, 0.15) is 25.4 Å². The van der Waals surface area contributed by atoms with E-state index in [0.29, 0.717) is 24.3 Å². The first-order chi connectivity index (χ1) is 15.2. The van der Waals surface area contributed by atoms with Crippen molar-refractivity contribution in [1.29, 1.82) is 0 Å². The fraction of sp³-hybridized carbons (Fsp3) is 0.455. The number of piperidine rings is 1. The lowest BCUT2D eigenvalue weighted by molar-refractivity contribution is -0.142. The zero-order valence-electron chi connectivity index (χ0n) is 17.4. The van der Waals surface area contributed by atoms with Gasteiger partial charge in [-0.2, -0.15) is 9.61 Å². The summed E-state index contributed by atoms with van der Waals surface area (Å²) in [5.74, 6) is 1.25. The van der Waals surface area contributed by atoms with Crippen molar-refractivity contribution < 1.29 is 9.53 Å². The molecule has 5 heterocycles. The first-order valence-corrected chi connectivity index (χ1v) is 10.9. The monoisotopic (exact) mass is 416 g/mol. The zero-order valence-corrected chi connectivity index (χ0v) is 17.4. The molecular formula is C22H25BN6O2. The first-order valence-electron chi connectivity index (χ1n) is 10.9. The highest BCUT2D eigenvalue weighted by molar-refractivity contribution is 6.36. The molecule has 3 aromatic rings. The molecule has 5 rings (SSSR count). The average Bonchev–Trinajstić information content (AvgIpc) is 3.48. The van der Waals surface area contributed by atoms with Gasteiger partial charge in [0.25, 0.3) is 5.91 Å². The topological polar surface area (TPSA) is 84.7 Å². The van der Waals surface area contributed by atoms with Crippen LogP contribution in [0.25, 0.3) is 5.65 Å². The summed E-state index contributed by atoms with van der Waals surface area (Å²) in [6, 6.07) is 6.00. The van der Waals surface area contributed by atoms with E-state index in [4.69, 9.17) is 17.6 Å². The second-order valence-corrected chi connectivity index (χ2v) is 8.22. The van der Waals surface area contributed by atoms with Crippen LogP contribution >= 0.6 is 0 Å². The van der Waals surface area contributed by atoms with Crippen LogP contribution in [-0.2, 0) is 16.1 Å². The molecule has 31 heavy (non-hydrogen) atoms. The van der Waals surface area contributed by atoms with Gasteiger partial charge in [-0.05, 0) is 42.8 Å². The summed E-state index contributed by atoms with van der Waals surface area (Å²) < 4.78 is 7.31. The van der Waals surface area contributed by atoms with Crippen molar-refractivity contribution in [3.63, 3.8) is 0 Å². The Morgan fingerprint density at radius 2 is 2.13 bits per heavy atom. The summed E-state index contributed by atoms with van der Waals surface area (Å²) in [7, 11) is 6.13. The van der Waals surface area contributed by atoms with Gasteiger partial charge in [0.15, 0.2) is 0 Å². The van der Waals surface area contributed by atoms with E-state index in [-0.39, 0.29) is 17.9 Å². The van der Waals surface area contributed by atoms with E-state index < -0.39 is 0 Å². The third kappa shape index (κ3) is 4.14. The zero-order chi connectivity index (χ0) is 21.2. The van der Waals surface area contributed by atoms with Gasteiger partial charge >= 0.3 is 0 Å². The van der Waals surface area contributed by atoms with Crippen molar-refractivity contribution in [3.8, 4) is 0 Å². The number of anilines is 1. The summed E-state index contributed by atoms with van der Waals surface area (Å²) in [4.78, 5) is 23.6. The van der Waals surface area contributed by atoms with E-state index in [9.17, 15) is 4.79 Å². The number of pyridine rings is 1. The molecule has 1 atom stereocenters. The minimum Gasteiger partial charge on any atom is -0.368 e. The third-order valence-electron chi connectivity index (χ3n) is 6.15. The van der Waals surface area contributed by atoms with Crippen molar-refractivity contribution in [3.05, 3.63) is 48.0 Å². The van der Waals surface area contributed by atoms with Crippen LogP contribution in [-0.4, -0.2) is 64.0 Å². The minimum absolute atomic E-state index is 0.137. The van der Waals surface area contributed by atoms with Crippen LogP contribution in [0.2, 0.25) is 0 Å². The molecule has 2 fully saturated rings. The van der Waals surface area contributed by atoms with E-state index in [1.807, 2.05) is 23.2 Å². The number of nitrogens with zero attached hydrogens (tertiary/aromatic N) is 5. The second-order valence-electron chi connectivity index (χ2n) is 8.22. The summed E-state index contributed by atoms with van der Waals surface area (Å²) in [6.45, 7) is 2.77. The number of carbonyl (C=O) groups is 1. The molecular weight excluding hydrogens is 391 g/mol. The number of ether oxygens (including phenoxy) is 1. The number of fused-ring (bicyclic) bond motifs is 1. The van der Waals surface area contributed by atoms with Gasteiger partial charge < -0.3 is 15.0 Å². The van der Waals surface area contributed by atoms with Crippen LogP contribution in [0.3, 0.4) is 0 Å². The van der Waals surface area contributed by atoms with E-state index in [2.05, 4.69) is 21.5 Å². The van der Waals surface area contributed by atoms with Crippen molar-refractivity contribution in [2.75, 3.05) is 25.0 Å². The molecule has 0 spiro atoms. The number of amides is 1. The van der Waals surface area contributed by atoms with Crippen LogP contribution in [0.1, 0.15) is 42.9 Å². The Labute approximate surface area is 182 Å². The number of rotatable bonds is 5. The fourth-order valence-electron chi connectivity index (χ4n) is 4.40. The Balaban J connectivity index is 1.32. The van der Waals surface area contributed by atoms with E-state index in [1.54, 1.807) is 16.9 Å². The first kappa shape index (κ1) is 20.0. The molecule has 2 aliphatic heterocycles. The van der Waals surface area contributed by atoms with Crippen LogP contribution in [0.15, 0.2) is 36.8 Å². The van der Waals surface area contributed by atoms with Crippen molar-refractivity contribution in [1.82, 2.24) is 24.5 Å². The van der Waals surface area contributed by atoms with Gasteiger partial charge in [-0.1, -0.05) is 6.07 Å². The number of nitrogens with one attached hydrogen (secondary N) is 1. The highest BCUT2D eigenvalue weighted by Crippen LogP contribution is 2.30. The SMILES string of the molecule is [B]c1cnn2c(NCc3cccnc3)cc(C3CCN(C(=O)C4CCCO4)CC3)nc12. The molecule has 3 aromatic heterocycles. The Kier molecular flexibility index (Phi) is 5.59. The molecule has 2 aliphatic rings. The Hall–Kier alpha value is -2.94. The number of hydrogen-bond donors (Lipinski definition) is 1. The second kappa shape index (κ2) is 8.67. The Morgan fingerprint density at radius 3 is 2.87 bits per heavy atom. The molecule has 158 valence electrons. The standard InChI is InChI=1S/C22H25BN6O2/c23-17-14-26-29-20(25-13-15-3-1-7-24-12-15)11-18(27-21(17)29)16-5-8-28(9-6-16)22(30)19-4-2-10-31-19/h1,3,7,11-12,14,16,19,25H,2,4-6,8-10,13H2. The maximum absolute atomic E-state index is 12.6. The highest BCUT2D eigenvalue weighted by Gasteiger charge is 2.31. The average molecular weight is 416 g/mol. The predicted molar refractivity (Wildman–Crippen MR) is 117 cm³/mol. The third-order valence-corrected chi connectivity index (χ3v) is 6.15. The molecule has 1 N–H and O–H groups in total. The number of aromatic nitrogens is 4. The maximum Gasteiger partial charge on any atom is 0.251 e. The van der Waals surface area contributed by atoms with Gasteiger partial charge in [0, 0.05) is 62.5 Å². The lowest BCUT2D eigenvalue weighted by atomic mass is 9.92. The van der Waals surface area contributed by atoms with Crippen LogP contribution in [0.5, 0.6) is 0 Å². The highest BCUT2D eigenvalue weighted by atomic mass is 16.5. The smallest absolute Gasteiger partial charge is 0.251 e. The lowest BCUT2D eigenvalue weighted by Gasteiger charge is -2.33. The van der Waals surface area contributed by atoms with E-state index in [0.717, 1.165) is 55.8 Å². The molecule has 2 saturated heterocycles. The van der Waals surface area contributed by atoms with Gasteiger partial charge in [-0.25, -0.2) is 4.98 Å². The van der Waals surface area contributed by atoms with Crippen molar-refractivity contribution in [2.24, 2.45) is 0 Å². The predicted octanol–water partition coefficient (Wildman–Crippen LogP) is 1.42. The molecule has 0 aromatic carbocycles. The number of likely N-dealkylation sites (tertiary alicyclic amines) is 1.